The van der Waals surface area contributed by atoms with Gasteiger partial charge in [0.05, 0.1) is 11.5 Å². The van der Waals surface area contributed by atoms with Crippen LogP contribution in [-0.4, -0.2) is 33.9 Å². The third-order valence-corrected chi connectivity index (χ3v) is 4.79. The number of anilines is 1. The van der Waals surface area contributed by atoms with Crippen LogP contribution in [0.2, 0.25) is 5.02 Å². The van der Waals surface area contributed by atoms with Crippen molar-refractivity contribution in [2.45, 2.75) is 38.1 Å². The number of benzene rings is 1. The van der Waals surface area contributed by atoms with E-state index >= 15 is 0 Å². The van der Waals surface area contributed by atoms with Gasteiger partial charge in [-0.1, -0.05) is 29.8 Å². The summed E-state index contributed by atoms with van der Waals surface area (Å²) in [6.07, 6.45) is 2.61. The normalized spacial score (nSPS) is 17.0. The van der Waals surface area contributed by atoms with Gasteiger partial charge in [-0.05, 0) is 38.3 Å². The quantitative estimate of drug-likeness (QED) is 0.921. The number of hydrogen-bond acceptors (Lipinski definition) is 4. The monoisotopic (exact) mass is 348 g/mol. The SMILES string of the molecule is CC(C)n1ncnc1NC(=O)C1(c2ccccc2Cl)CCOCC1. The first-order chi connectivity index (χ1) is 11.5. The molecule has 1 fully saturated rings. The van der Waals surface area contributed by atoms with E-state index in [-0.39, 0.29) is 11.9 Å². The highest BCUT2D eigenvalue weighted by Crippen LogP contribution is 2.39. The molecule has 1 aliphatic heterocycles. The molecule has 1 aliphatic rings. The van der Waals surface area contributed by atoms with Crippen LogP contribution in [0.15, 0.2) is 30.6 Å². The smallest absolute Gasteiger partial charge is 0.237 e. The Kier molecular flexibility index (Phi) is 4.87. The third-order valence-electron chi connectivity index (χ3n) is 4.46. The van der Waals surface area contributed by atoms with Crippen molar-refractivity contribution >= 4 is 23.5 Å². The van der Waals surface area contributed by atoms with Gasteiger partial charge in [-0.25, -0.2) is 4.68 Å². The van der Waals surface area contributed by atoms with Crippen LogP contribution in [-0.2, 0) is 14.9 Å². The Labute approximate surface area is 146 Å². The van der Waals surface area contributed by atoms with E-state index in [0.717, 1.165) is 5.56 Å². The van der Waals surface area contributed by atoms with Gasteiger partial charge in [0, 0.05) is 18.2 Å². The van der Waals surface area contributed by atoms with Crippen molar-refractivity contribution in [2.75, 3.05) is 18.5 Å². The second-order valence-corrected chi connectivity index (χ2v) is 6.66. The van der Waals surface area contributed by atoms with Crippen molar-refractivity contribution in [1.29, 1.82) is 0 Å². The van der Waals surface area contributed by atoms with Crippen LogP contribution in [0.5, 0.6) is 0 Å². The predicted molar refractivity (Wildman–Crippen MR) is 92.2 cm³/mol. The molecule has 0 atom stereocenters. The molecule has 1 aromatic carbocycles. The van der Waals surface area contributed by atoms with Crippen LogP contribution < -0.4 is 5.32 Å². The van der Waals surface area contributed by atoms with Crippen molar-refractivity contribution in [1.82, 2.24) is 14.8 Å². The first kappa shape index (κ1) is 16.9. The maximum Gasteiger partial charge on any atom is 0.237 e. The summed E-state index contributed by atoms with van der Waals surface area (Å²) in [7, 11) is 0. The molecule has 24 heavy (non-hydrogen) atoms. The molecule has 0 bridgehead atoms. The van der Waals surface area contributed by atoms with E-state index in [1.54, 1.807) is 4.68 Å². The van der Waals surface area contributed by atoms with Gasteiger partial charge in [-0.3, -0.25) is 10.1 Å². The fourth-order valence-electron chi connectivity index (χ4n) is 3.13. The second-order valence-electron chi connectivity index (χ2n) is 6.25. The summed E-state index contributed by atoms with van der Waals surface area (Å²) in [4.78, 5) is 17.4. The highest BCUT2D eigenvalue weighted by molar-refractivity contribution is 6.31. The van der Waals surface area contributed by atoms with E-state index in [4.69, 9.17) is 16.3 Å². The number of halogens is 1. The van der Waals surface area contributed by atoms with Crippen molar-refractivity contribution in [3.63, 3.8) is 0 Å². The molecule has 2 aromatic rings. The minimum atomic E-state index is -0.718. The van der Waals surface area contributed by atoms with Crippen LogP contribution >= 0.6 is 11.6 Å². The standard InChI is InChI=1S/C17H21ClN4O2/c1-12(2)22-16(19-11-20-22)21-15(23)17(7-9-24-10-8-17)13-5-3-4-6-14(13)18/h3-6,11-12H,7-10H2,1-2H3,(H,19,20,21,23). The van der Waals surface area contributed by atoms with Gasteiger partial charge in [0.25, 0.3) is 0 Å². The number of carbonyl (C=O) groups excluding carboxylic acids is 1. The highest BCUT2D eigenvalue weighted by Gasteiger charge is 2.43. The lowest BCUT2D eigenvalue weighted by atomic mass is 9.73. The summed E-state index contributed by atoms with van der Waals surface area (Å²) in [5, 5.41) is 7.71. The Hall–Kier alpha value is -1.92. The number of nitrogens with zero attached hydrogens (tertiary/aromatic N) is 3. The summed E-state index contributed by atoms with van der Waals surface area (Å²) in [6, 6.07) is 7.61. The minimum absolute atomic E-state index is 0.105. The summed E-state index contributed by atoms with van der Waals surface area (Å²) < 4.78 is 7.17. The number of amides is 1. The maximum atomic E-state index is 13.2. The summed E-state index contributed by atoms with van der Waals surface area (Å²) in [5.74, 6) is 0.335. The fourth-order valence-corrected chi connectivity index (χ4v) is 3.44. The van der Waals surface area contributed by atoms with Crippen LogP contribution in [0.4, 0.5) is 5.95 Å². The first-order valence-electron chi connectivity index (χ1n) is 8.08. The van der Waals surface area contributed by atoms with Crippen LogP contribution in [0, 0.1) is 0 Å². The van der Waals surface area contributed by atoms with E-state index in [1.807, 2.05) is 38.1 Å². The van der Waals surface area contributed by atoms with E-state index in [9.17, 15) is 4.79 Å². The third kappa shape index (κ3) is 3.03. The number of hydrogen-bond donors (Lipinski definition) is 1. The van der Waals surface area contributed by atoms with Crippen LogP contribution in [0.25, 0.3) is 0 Å². The van der Waals surface area contributed by atoms with Crippen molar-refractivity contribution in [3.8, 4) is 0 Å². The number of carbonyl (C=O) groups is 1. The molecule has 0 spiro atoms. The lowest BCUT2D eigenvalue weighted by Crippen LogP contribution is -2.45. The molecule has 3 rings (SSSR count). The van der Waals surface area contributed by atoms with Crippen molar-refractivity contribution in [2.24, 2.45) is 0 Å². The van der Waals surface area contributed by atoms with Gasteiger partial charge in [-0.2, -0.15) is 10.1 Å². The van der Waals surface area contributed by atoms with Crippen molar-refractivity contribution in [3.05, 3.63) is 41.2 Å². The lowest BCUT2D eigenvalue weighted by Gasteiger charge is -2.36. The Morgan fingerprint density at radius 1 is 1.33 bits per heavy atom. The number of aromatic nitrogens is 3. The number of rotatable bonds is 4. The number of ether oxygens (including phenoxy) is 1. The Bertz CT molecular complexity index is 723. The van der Waals surface area contributed by atoms with E-state index in [1.165, 1.54) is 6.33 Å². The average molecular weight is 349 g/mol. The second kappa shape index (κ2) is 6.91. The minimum Gasteiger partial charge on any atom is -0.381 e. The highest BCUT2D eigenvalue weighted by atomic mass is 35.5. The van der Waals surface area contributed by atoms with Gasteiger partial charge in [0.2, 0.25) is 11.9 Å². The predicted octanol–water partition coefficient (Wildman–Crippen LogP) is 3.20. The lowest BCUT2D eigenvalue weighted by molar-refractivity contribution is -0.125. The summed E-state index contributed by atoms with van der Waals surface area (Å²) in [5.41, 5.74) is 0.118. The van der Waals surface area contributed by atoms with Crippen LogP contribution in [0.1, 0.15) is 38.3 Å². The first-order valence-corrected chi connectivity index (χ1v) is 8.46. The Morgan fingerprint density at radius 3 is 2.71 bits per heavy atom. The maximum absolute atomic E-state index is 13.2. The topological polar surface area (TPSA) is 69.0 Å². The largest absolute Gasteiger partial charge is 0.381 e. The molecular weight excluding hydrogens is 328 g/mol. The molecule has 0 saturated carbocycles. The average Bonchev–Trinajstić information content (AvgIpc) is 3.04. The summed E-state index contributed by atoms with van der Waals surface area (Å²) in [6.45, 7) is 5.02. The molecule has 1 N–H and O–H groups in total. The zero-order chi connectivity index (χ0) is 17.2. The fraction of sp³-hybridized carbons (Fsp3) is 0.471. The van der Waals surface area contributed by atoms with Gasteiger partial charge >= 0.3 is 0 Å². The molecule has 1 saturated heterocycles. The molecule has 0 radical (unpaired) electrons. The Morgan fingerprint density at radius 2 is 2.04 bits per heavy atom. The van der Waals surface area contributed by atoms with Gasteiger partial charge < -0.3 is 4.74 Å². The van der Waals surface area contributed by atoms with Gasteiger partial charge in [0.1, 0.15) is 6.33 Å². The molecule has 0 unspecified atom stereocenters. The molecule has 7 heteroatoms. The molecule has 1 amide bonds. The van der Waals surface area contributed by atoms with E-state index < -0.39 is 5.41 Å². The zero-order valence-corrected chi connectivity index (χ0v) is 14.6. The van der Waals surface area contributed by atoms with Crippen LogP contribution in [0.3, 0.4) is 0 Å². The Balaban J connectivity index is 1.96. The molecule has 1 aromatic heterocycles. The molecule has 6 nitrogen and oxygen atoms in total. The zero-order valence-electron chi connectivity index (χ0n) is 13.8. The molecule has 128 valence electrons. The molecule has 2 heterocycles. The van der Waals surface area contributed by atoms with Crippen molar-refractivity contribution < 1.29 is 9.53 Å². The van der Waals surface area contributed by atoms with E-state index in [2.05, 4.69) is 15.4 Å². The molecular formula is C17H21ClN4O2. The summed E-state index contributed by atoms with van der Waals surface area (Å²) >= 11 is 6.40. The molecule has 0 aliphatic carbocycles. The van der Waals surface area contributed by atoms with E-state index in [0.29, 0.717) is 37.0 Å². The van der Waals surface area contributed by atoms with Gasteiger partial charge in [0.15, 0.2) is 0 Å². The van der Waals surface area contributed by atoms with Gasteiger partial charge in [-0.15, -0.1) is 0 Å². The number of nitrogens with one attached hydrogen (secondary N) is 1.